The lowest BCUT2D eigenvalue weighted by Gasteiger charge is -2.21. The van der Waals surface area contributed by atoms with Gasteiger partial charge in [0.25, 0.3) is 0 Å². The van der Waals surface area contributed by atoms with Crippen LogP contribution in [0.5, 0.6) is 5.75 Å². The van der Waals surface area contributed by atoms with Crippen LogP contribution in [0.2, 0.25) is 0 Å². The van der Waals surface area contributed by atoms with E-state index in [4.69, 9.17) is 15.6 Å². The standard InChI is InChI=1S/C17H26N2O5/c1-19(10-13-3-5-15(22-2)6-4-13)11-14(20)9-18-17(21)24-16-7-8-23-12-16/h3-6,14,16,20H,7-12H2,1-2H3,(H,18,21)/t14-,16-/m0/s1/i9D/t9?,14-,16-. The van der Waals surface area contributed by atoms with Crippen molar-refractivity contribution >= 4 is 6.09 Å². The number of benzene rings is 1. The SMILES string of the molecule is [2H]C(NC(=O)O[C@H]1CCOC1)[C@H](O)CN(C)Cc1ccc(OC)cc1. The lowest BCUT2D eigenvalue weighted by molar-refractivity contribution is 0.0749. The average Bonchev–Trinajstić information content (AvgIpc) is 3.08. The highest BCUT2D eigenvalue weighted by Crippen LogP contribution is 2.12. The second kappa shape index (κ2) is 9.46. The zero-order valence-electron chi connectivity index (χ0n) is 15.1. The summed E-state index contributed by atoms with van der Waals surface area (Å²) in [4.78, 5) is 13.6. The molecule has 1 unspecified atom stereocenters. The van der Waals surface area contributed by atoms with E-state index >= 15 is 0 Å². The molecule has 1 aromatic carbocycles. The molecule has 134 valence electrons. The summed E-state index contributed by atoms with van der Waals surface area (Å²) in [5.41, 5.74) is 1.06. The second-order valence-corrected chi connectivity index (χ2v) is 5.81. The number of amides is 1. The van der Waals surface area contributed by atoms with Gasteiger partial charge in [-0.3, -0.25) is 4.90 Å². The number of hydrogen-bond donors (Lipinski definition) is 2. The maximum Gasteiger partial charge on any atom is 0.407 e. The fraction of sp³-hybridized carbons (Fsp3) is 0.588. The first kappa shape index (κ1) is 17.0. The maximum absolute atomic E-state index is 11.7. The van der Waals surface area contributed by atoms with Crippen LogP contribution >= 0.6 is 0 Å². The Kier molecular flexibility index (Phi) is 6.71. The van der Waals surface area contributed by atoms with Crippen molar-refractivity contribution < 1.29 is 25.5 Å². The third-order valence-corrected chi connectivity index (χ3v) is 3.67. The number of carbonyl (C=O) groups is 1. The van der Waals surface area contributed by atoms with Crippen molar-refractivity contribution in [2.24, 2.45) is 0 Å². The lowest BCUT2D eigenvalue weighted by atomic mass is 10.2. The van der Waals surface area contributed by atoms with E-state index in [1.165, 1.54) is 0 Å². The van der Waals surface area contributed by atoms with Crippen LogP contribution in [0.15, 0.2) is 24.3 Å². The lowest BCUT2D eigenvalue weighted by Crippen LogP contribution is -2.39. The van der Waals surface area contributed by atoms with Crippen molar-refractivity contribution in [3.05, 3.63) is 29.8 Å². The van der Waals surface area contributed by atoms with Crippen molar-refractivity contribution in [1.29, 1.82) is 0 Å². The number of nitrogens with one attached hydrogen (secondary N) is 1. The number of likely N-dealkylation sites (N-methyl/N-ethyl adjacent to an activating group) is 1. The van der Waals surface area contributed by atoms with Gasteiger partial charge in [-0.05, 0) is 24.7 Å². The van der Waals surface area contributed by atoms with E-state index in [1.54, 1.807) is 7.11 Å². The van der Waals surface area contributed by atoms with Crippen molar-refractivity contribution in [3.63, 3.8) is 0 Å². The first-order chi connectivity index (χ1) is 12.0. The van der Waals surface area contributed by atoms with Crippen molar-refractivity contribution in [3.8, 4) is 5.75 Å². The number of alkyl carbamates (subject to hydrolysis) is 1. The van der Waals surface area contributed by atoms with Crippen molar-refractivity contribution in [2.75, 3.05) is 40.4 Å². The van der Waals surface area contributed by atoms with Crippen LogP contribution in [0.3, 0.4) is 0 Å². The van der Waals surface area contributed by atoms with Gasteiger partial charge in [0.2, 0.25) is 0 Å². The molecular weight excluding hydrogens is 312 g/mol. The molecule has 0 saturated carbocycles. The quantitative estimate of drug-likeness (QED) is 0.736. The average molecular weight is 339 g/mol. The van der Waals surface area contributed by atoms with Gasteiger partial charge in [0.15, 0.2) is 0 Å². The summed E-state index contributed by atoms with van der Waals surface area (Å²) in [6.45, 7) is 0.641. The Morgan fingerprint density at radius 1 is 1.54 bits per heavy atom. The Morgan fingerprint density at radius 3 is 2.92 bits per heavy atom. The first-order valence-corrected chi connectivity index (χ1v) is 7.94. The maximum atomic E-state index is 11.7. The summed E-state index contributed by atoms with van der Waals surface area (Å²) < 4.78 is 23.2. The fourth-order valence-electron chi connectivity index (χ4n) is 2.43. The molecule has 3 atom stereocenters. The molecule has 1 amide bonds. The Hall–Kier alpha value is -1.83. The fourth-order valence-corrected chi connectivity index (χ4v) is 2.43. The highest BCUT2D eigenvalue weighted by atomic mass is 16.6. The highest BCUT2D eigenvalue weighted by molar-refractivity contribution is 5.67. The minimum Gasteiger partial charge on any atom is -0.497 e. The van der Waals surface area contributed by atoms with E-state index in [0.717, 1.165) is 11.3 Å². The van der Waals surface area contributed by atoms with Crippen LogP contribution in [0.4, 0.5) is 4.79 Å². The molecule has 2 N–H and O–H groups in total. The summed E-state index contributed by atoms with van der Waals surface area (Å²) in [6, 6.07) is 7.63. The molecule has 2 rings (SSSR count). The van der Waals surface area contributed by atoms with E-state index in [1.807, 2.05) is 36.2 Å². The predicted octanol–water partition coefficient (Wildman–Crippen LogP) is 1.00. The van der Waals surface area contributed by atoms with Crippen LogP contribution in [-0.4, -0.2) is 68.7 Å². The molecule has 1 aromatic rings. The number of nitrogens with zero attached hydrogens (tertiary/aromatic N) is 1. The Labute approximate surface area is 143 Å². The third kappa shape index (κ3) is 6.35. The van der Waals surface area contributed by atoms with E-state index in [-0.39, 0.29) is 12.6 Å². The summed E-state index contributed by atoms with van der Waals surface area (Å²) in [6.07, 6.45) is -1.35. The zero-order chi connectivity index (χ0) is 18.2. The summed E-state index contributed by atoms with van der Waals surface area (Å²) in [7, 11) is 3.46. The van der Waals surface area contributed by atoms with E-state index in [0.29, 0.717) is 26.2 Å². The number of ether oxygens (including phenoxy) is 3. The summed E-state index contributed by atoms with van der Waals surface area (Å²) in [5.74, 6) is 0.785. The molecule has 7 heteroatoms. The van der Waals surface area contributed by atoms with E-state index < -0.39 is 18.7 Å². The Balaban J connectivity index is 1.72. The van der Waals surface area contributed by atoms with Gasteiger partial charge >= 0.3 is 6.09 Å². The molecule has 1 aliphatic rings. The number of aliphatic hydroxyl groups is 1. The largest absolute Gasteiger partial charge is 0.497 e. The minimum atomic E-state index is -1.16. The molecule has 0 radical (unpaired) electrons. The molecule has 0 aromatic heterocycles. The van der Waals surface area contributed by atoms with Gasteiger partial charge in [-0.1, -0.05) is 12.1 Å². The Bertz CT molecular complexity index is 536. The van der Waals surface area contributed by atoms with Crippen molar-refractivity contribution in [1.82, 2.24) is 10.2 Å². The molecule has 1 heterocycles. The van der Waals surface area contributed by atoms with E-state index in [9.17, 15) is 9.90 Å². The molecule has 7 nitrogen and oxygen atoms in total. The number of methoxy groups -OCH3 is 1. The number of hydrogen-bond acceptors (Lipinski definition) is 6. The molecule has 1 saturated heterocycles. The monoisotopic (exact) mass is 339 g/mol. The van der Waals surface area contributed by atoms with E-state index in [2.05, 4.69) is 5.32 Å². The molecule has 1 fully saturated rings. The molecule has 0 aliphatic carbocycles. The molecule has 1 aliphatic heterocycles. The molecule has 0 bridgehead atoms. The Morgan fingerprint density at radius 2 is 2.29 bits per heavy atom. The van der Waals surface area contributed by atoms with Gasteiger partial charge in [-0.15, -0.1) is 0 Å². The number of carbonyl (C=O) groups excluding carboxylic acids is 1. The van der Waals surface area contributed by atoms with Gasteiger partial charge < -0.3 is 24.6 Å². The predicted molar refractivity (Wildman–Crippen MR) is 89.0 cm³/mol. The van der Waals surface area contributed by atoms with Gasteiger partial charge in [-0.2, -0.15) is 0 Å². The van der Waals surface area contributed by atoms with Crippen LogP contribution in [0.1, 0.15) is 13.4 Å². The third-order valence-electron chi connectivity index (χ3n) is 3.67. The number of aliphatic hydroxyl groups excluding tert-OH is 1. The van der Waals surface area contributed by atoms with Crippen molar-refractivity contribution in [2.45, 2.75) is 25.2 Å². The van der Waals surface area contributed by atoms with Crippen LogP contribution in [0, 0.1) is 0 Å². The second-order valence-electron chi connectivity index (χ2n) is 5.81. The molecule has 24 heavy (non-hydrogen) atoms. The van der Waals surface area contributed by atoms with Gasteiger partial charge in [0.05, 0.1) is 27.8 Å². The topological polar surface area (TPSA) is 80.3 Å². The smallest absolute Gasteiger partial charge is 0.407 e. The first-order valence-electron chi connectivity index (χ1n) is 8.52. The zero-order valence-corrected chi connectivity index (χ0v) is 14.1. The summed E-state index contributed by atoms with van der Waals surface area (Å²) >= 11 is 0. The van der Waals surface area contributed by atoms with Gasteiger partial charge in [0, 0.05) is 26.0 Å². The highest BCUT2D eigenvalue weighted by Gasteiger charge is 2.20. The molecule has 0 spiro atoms. The van der Waals surface area contributed by atoms with Gasteiger partial charge in [0.1, 0.15) is 11.9 Å². The number of rotatable bonds is 8. The molecular formula is C17H26N2O5. The van der Waals surface area contributed by atoms with Crippen LogP contribution < -0.4 is 10.1 Å². The minimum absolute atomic E-state index is 0.243. The summed E-state index contributed by atoms with van der Waals surface area (Å²) in [5, 5.41) is 12.5. The normalized spacial score (nSPS) is 20.3. The van der Waals surface area contributed by atoms with Gasteiger partial charge in [-0.25, -0.2) is 4.79 Å². The van der Waals surface area contributed by atoms with Crippen LogP contribution in [0.25, 0.3) is 0 Å². The van der Waals surface area contributed by atoms with Crippen LogP contribution in [-0.2, 0) is 16.0 Å².